The first-order chi connectivity index (χ1) is 12.5. The predicted octanol–water partition coefficient (Wildman–Crippen LogP) is 3.69. The summed E-state index contributed by atoms with van der Waals surface area (Å²) >= 11 is 0. The van der Waals surface area contributed by atoms with Crippen molar-refractivity contribution in [1.82, 2.24) is 4.31 Å². The molecular weight excluding hydrogens is 357 g/mol. The number of fused-ring (bicyclic) bond motifs is 1. The number of nitrogens with zero attached hydrogens (tertiary/aromatic N) is 1. The molecule has 138 valence electrons. The Morgan fingerprint density at radius 3 is 2.42 bits per heavy atom. The highest BCUT2D eigenvalue weighted by Gasteiger charge is 2.33. The van der Waals surface area contributed by atoms with E-state index in [4.69, 9.17) is 9.47 Å². The second-order valence-electron chi connectivity index (χ2n) is 6.63. The lowest BCUT2D eigenvalue weighted by atomic mass is 10.1. The third-order valence-corrected chi connectivity index (χ3v) is 6.84. The zero-order chi connectivity index (χ0) is 18.1. The van der Waals surface area contributed by atoms with Crippen LogP contribution in [0.15, 0.2) is 47.4 Å². The summed E-state index contributed by atoms with van der Waals surface area (Å²) in [5.74, 6) is 0.850. The van der Waals surface area contributed by atoms with Gasteiger partial charge in [-0.2, -0.15) is 4.31 Å². The zero-order valence-corrected chi connectivity index (χ0v) is 15.0. The van der Waals surface area contributed by atoms with Crippen molar-refractivity contribution >= 4 is 10.0 Å². The minimum Gasteiger partial charge on any atom is -0.454 e. The highest BCUT2D eigenvalue weighted by molar-refractivity contribution is 7.89. The van der Waals surface area contributed by atoms with Gasteiger partial charge < -0.3 is 9.47 Å². The molecular formula is C19H20FNO4S. The summed E-state index contributed by atoms with van der Waals surface area (Å²) in [7, 11) is -3.72. The van der Waals surface area contributed by atoms with Crippen LogP contribution >= 0.6 is 0 Å². The van der Waals surface area contributed by atoms with Gasteiger partial charge in [-0.3, -0.25) is 0 Å². The van der Waals surface area contributed by atoms with Crippen LogP contribution in [-0.4, -0.2) is 25.6 Å². The fourth-order valence-corrected chi connectivity index (χ4v) is 5.24. The van der Waals surface area contributed by atoms with Gasteiger partial charge in [0.25, 0.3) is 0 Å². The van der Waals surface area contributed by atoms with Crippen molar-refractivity contribution in [3.05, 3.63) is 53.8 Å². The molecule has 0 amide bonds. The lowest BCUT2D eigenvalue weighted by Crippen LogP contribution is -2.38. The maximum atomic E-state index is 13.2. The Labute approximate surface area is 152 Å². The van der Waals surface area contributed by atoms with E-state index < -0.39 is 15.8 Å². The standard InChI is InChI=1S/C19H20FNO4S/c20-15-6-8-17(9-7-15)26(22,23)21(16-3-1-2-4-16)12-14-5-10-18-19(11-14)25-13-24-18/h5-11,16H,1-4,12-13H2. The molecule has 26 heavy (non-hydrogen) atoms. The summed E-state index contributed by atoms with van der Waals surface area (Å²) in [6.45, 7) is 0.431. The maximum absolute atomic E-state index is 13.2. The molecule has 7 heteroatoms. The lowest BCUT2D eigenvalue weighted by molar-refractivity contribution is 0.174. The van der Waals surface area contributed by atoms with E-state index in [0.717, 1.165) is 31.2 Å². The van der Waals surface area contributed by atoms with Gasteiger partial charge in [0.2, 0.25) is 16.8 Å². The van der Waals surface area contributed by atoms with Crippen LogP contribution in [0.2, 0.25) is 0 Å². The molecule has 0 radical (unpaired) electrons. The van der Waals surface area contributed by atoms with Crippen molar-refractivity contribution in [1.29, 1.82) is 0 Å². The van der Waals surface area contributed by atoms with Crippen molar-refractivity contribution < 1.29 is 22.3 Å². The van der Waals surface area contributed by atoms with E-state index in [0.29, 0.717) is 11.5 Å². The predicted molar refractivity (Wildman–Crippen MR) is 93.9 cm³/mol. The Hall–Kier alpha value is -2.12. The number of halogens is 1. The normalized spacial score (nSPS) is 17.2. The molecule has 0 atom stereocenters. The monoisotopic (exact) mass is 377 g/mol. The van der Waals surface area contributed by atoms with Gasteiger partial charge in [0.05, 0.1) is 4.90 Å². The van der Waals surface area contributed by atoms with Crippen LogP contribution in [0.3, 0.4) is 0 Å². The van der Waals surface area contributed by atoms with Gasteiger partial charge in [-0.1, -0.05) is 18.9 Å². The minimum absolute atomic E-state index is 0.0459. The molecule has 0 unspecified atom stereocenters. The van der Waals surface area contributed by atoms with Gasteiger partial charge in [-0.25, -0.2) is 12.8 Å². The van der Waals surface area contributed by atoms with Crippen molar-refractivity contribution in [3.8, 4) is 11.5 Å². The van der Waals surface area contributed by atoms with Crippen LogP contribution < -0.4 is 9.47 Å². The highest BCUT2D eigenvalue weighted by atomic mass is 32.2. The minimum atomic E-state index is -3.72. The molecule has 0 spiro atoms. The Morgan fingerprint density at radius 2 is 1.69 bits per heavy atom. The van der Waals surface area contributed by atoms with Gasteiger partial charge in [0.1, 0.15) is 5.82 Å². The van der Waals surface area contributed by atoms with Crippen LogP contribution in [0.5, 0.6) is 11.5 Å². The summed E-state index contributed by atoms with van der Waals surface area (Å²) in [5, 5.41) is 0. The molecule has 2 aliphatic rings. The van der Waals surface area contributed by atoms with Crippen molar-refractivity contribution in [2.75, 3.05) is 6.79 Å². The first kappa shape index (κ1) is 17.3. The number of sulfonamides is 1. The van der Waals surface area contributed by atoms with Crippen molar-refractivity contribution in [3.63, 3.8) is 0 Å². The zero-order valence-electron chi connectivity index (χ0n) is 14.2. The van der Waals surface area contributed by atoms with Crippen LogP contribution in [0.25, 0.3) is 0 Å². The molecule has 5 nitrogen and oxygen atoms in total. The fraction of sp³-hybridized carbons (Fsp3) is 0.368. The number of rotatable bonds is 5. The smallest absolute Gasteiger partial charge is 0.243 e. The van der Waals surface area contributed by atoms with E-state index in [1.807, 2.05) is 12.1 Å². The third-order valence-electron chi connectivity index (χ3n) is 4.93. The number of hydrogen-bond acceptors (Lipinski definition) is 4. The van der Waals surface area contributed by atoms with E-state index in [9.17, 15) is 12.8 Å². The third kappa shape index (κ3) is 3.29. The molecule has 2 aromatic carbocycles. The molecule has 1 saturated carbocycles. The quantitative estimate of drug-likeness (QED) is 0.798. The Morgan fingerprint density at radius 1 is 1.00 bits per heavy atom. The molecule has 1 aliphatic carbocycles. The molecule has 2 aromatic rings. The average molecular weight is 377 g/mol. The largest absolute Gasteiger partial charge is 0.454 e. The first-order valence-corrected chi connectivity index (χ1v) is 10.1. The van der Waals surface area contributed by atoms with Gasteiger partial charge in [0.15, 0.2) is 11.5 Å². The van der Waals surface area contributed by atoms with Crippen molar-refractivity contribution in [2.24, 2.45) is 0 Å². The molecule has 1 fully saturated rings. The van der Waals surface area contributed by atoms with E-state index in [-0.39, 0.29) is 24.3 Å². The summed E-state index contributed by atoms with van der Waals surface area (Å²) in [4.78, 5) is 0.117. The lowest BCUT2D eigenvalue weighted by Gasteiger charge is -2.28. The number of ether oxygens (including phenoxy) is 2. The molecule has 0 bridgehead atoms. The van der Waals surface area contributed by atoms with Crippen LogP contribution in [-0.2, 0) is 16.6 Å². The molecule has 0 aromatic heterocycles. The summed E-state index contributed by atoms with van der Waals surface area (Å²) in [5.41, 5.74) is 0.840. The summed E-state index contributed by atoms with van der Waals surface area (Å²) in [6, 6.07) is 10.4. The Balaban J connectivity index is 1.67. The fourth-order valence-electron chi connectivity index (χ4n) is 3.56. The summed E-state index contributed by atoms with van der Waals surface area (Å²) < 4.78 is 51.9. The van der Waals surface area contributed by atoms with Crippen LogP contribution in [0.1, 0.15) is 31.2 Å². The SMILES string of the molecule is O=S(=O)(c1ccc(F)cc1)N(Cc1ccc2c(c1)OCO2)C1CCCC1. The van der Waals surface area contributed by atoms with Gasteiger partial charge in [-0.15, -0.1) is 0 Å². The first-order valence-electron chi connectivity index (χ1n) is 8.70. The second-order valence-corrected chi connectivity index (χ2v) is 8.52. The molecule has 4 rings (SSSR count). The van der Waals surface area contributed by atoms with Crippen molar-refractivity contribution in [2.45, 2.75) is 43.2 Å². The second kappa shape index (κ2) is 6.89. The number of benzene rings is 2. The van der Waals surface area contributed by atoms with Crippen LogP contribution in [0, 0.1) is 5.82 Å². The molecule has 1 heterocycles. The topological polar surface area (TPSA) is 55.8 Å². The summed E-state index contributed by atoms with van der Waals surface area (Å²) in [6.07, 6.45) is 3.71. The maximum Gasteiger partial charge on any atom is 0.243 e. The van der Waals surface area contributed by atoms with E-state index >= 15 is 0 Å². The van der Waals surface area contributed by atoms with Crippen LogP contribution in [0.4, 0.5) is 4.39 Å². The highest BCUT2D eigenvalue weighted by Crippen LogP contribution is 2.35. The van der Waals surface area contributed by atoms with E-state index in [1.165, 1.54) is 24.3 Å². The number of hydrogen-bond donors (Lipinski definition) is 0. The Bertz CT molecular complexity index is 892. The molecule has 1 aliphatic heterocycles. The van der Waals surface area contributed by atoms with E-state index in [1.54, 1.807) is 10.4 Å². The Kier molecular flexibility index (Phi) is 4.58. The average Bonchev–Trinajstić information content (AvgIpc) is 3.31. The van der Waals surface area contributed by atoms with Gasteiger partial charge in [0, 0.05) is 12.6 Å². The molecule has 0 N–H and O–H groups in total. The molecule has 0 saturated heterocycles. The van der Waals surface area contributed by atoms with E-state index in [2.05, 4.69) is 0 Å². The van der Waals surface area contributed by atoms with Gasteiger partial charge in [-0.05, 0) is 54.8 Å². The van der Waals surface area contributed by atoms with Gasteiger partial charge >= 0.3 is 0 Å².